The number of benzene rings is 1. The molecular weight excluding hydrogens is 392 g/mol. The Labute approximate surface area is 183 Å². The second-order valence-corrected chi connectivity index (χ2v) is 9.80. The molecule has 2 aromatic heterocycles. The van der Waals surface area contributed by atoms with Gasteiger partial charge in [-0.1, -0.05) is 13.8 Å². The highest BCUT2D eigenvalue weighted by Crippen LogP contribution is 2.22. The van der Waals surface area contributed by atoms with Crippen molar-refractivity contribution < 1.29 is 10.0 Å². The first-order valence-electron chi connectivity index (χ1n) is 10.9. The van der Waals surface area contributed by atoms with Gasteiger partial charge in [0, 0.05) is 11.4 Å². The zero-order valence-electron chi connectivity index (χ0n) is 19.7. The topological polar surface area (TPSA) is 101 Å². The molecule has 31 heavy (non-hydrogen) atoms. The van der Waals surface area contributed by atoms with E-state index in [0.29, 0.717) is 18.7 Å². The zero-order chi connectivity index (χ0) is 22.9. The van der Waals surface area contributed by atoms with Gasteiger partial charge in [0.1, 0.15) is 13.1 Å². The van der Waals surface area contributed by atoms with Gasteiger partial charge in [0.25, 0.3) is 5.56 Å². The molecule has 168 valence electrons. The second-order valence-electron chi connectivity index (χ2n) is 9.80. The molecule has 0 aliphatic rings. The predicted molar refractivity (Wildman–Crippen MR) is 121 cm³/mol. The Hall–Kier alpha value is -2.58. The first-order valence-corrected chi connectivity index (χ1v) is 10.9. The van der Waals surface area contributed by atoms with Crippen molar-refractivity contribution in [2.24, 2.45) is 5.92 Å². The third-order valence-corrected chi connectivity index (χ3v) is 5.90. The zero-order valence-corrected chi connectivity index (χ0v) is 19.7. The Morgan fingerprint density at radius 3 is 2.45 bits per heavy atom. The van der Waals surface area contributed by atoms with E-state index in [1.807, 2.05) is 23.7 Å². The molecule has 3 N–H and O–H groups in total. The van der Waals surface area contributed by atoms with Gasteiger partial charge < -0.3 is 15.0 Å². The van der Waals surface area contributed by atoms with Gasteiger partial charge in [0.05, 0.1) is 17.7 Å². The van der Waals surface area contributed by atoms with Crippen LogP contribution in [0, 0.1) is 19.8 Å². The van der Waals surface area contributed by atoms with Crippen molar-refractivity contribution in [2.45, 2.75) is 66.6 Å². The lowest BCUT2D eigenvalue weighted by Crippen LogP contribution is -3.12. The molecule has 0 bridgehead atoms. The summed E-state index contributed by atoms with van der Waals surface area (Å²) < 4.78 is 1.85. The molecule has 0 amide bonds. The maximum absolute atomic E-state index is 12.9. The highest BCUT2D eigenvalue weighted by atomic mass is 16.3. The molecule has 8 heteroatoms. The average molecular weight is 428 g/mol. The summed E-state index contributed by atoms with van der Waals surface area (Å²) in [5.74, 6) is 0.979. The van der Waals surface area contributed by atoms with Crippen LogP contribution in [0.4, 0.5) is 0 Å². The number of tetrazole rings is 1. The van der Waals surface area contributed by atoms with Crippen LogP contribution in [0.3, 0.4) is 0 Å². The van der Waals surface area contributed by atoms with Crippen molar-refractivity contribution in [1.82, 2.24) is 25.2 Å². The van der Waals surface area contributed by atoms with Gasteiger partial charge in [-0.05, 0) is 79.8 Å². The molecule has 2 atom stereocenters. The predicted octanol–water partition coefficient (Wildman–Crippen LogP) is 1.66. The van der Waals surface area contributed by atoms with Crippen LogP contribution in [0.15, 0.2) is 23.0 Å². The molecule has 0 radical (unpaired) electrons. The third-order valence-electron chi connectivity index (χ3n) is 5.90. The maximum Gasteiger partial charge on any atom is 0.257 e. The number of aliphatic hydroxyl groups excluding tert-OH is 1. The van der Waals surface area contributed by atoms with E-state index in [1.165, 1.54) is 5.56 Å². The van der Waals surface area contributed by atoms with Crippen molar-refractivity contribution in [3.63, 3.8) is 0 Å². The van der Waals surface area contributed by atoms with Crippen LogP contribution in [0.1, 0.15) is 63.2 Å². The van der Waals surface area contributed by atoms with E-state index in [-0.39, 0.29) is 29.7 Å². The molecular formula is C23H35N6O2+. The average Bonchev–Trinajstić information content (AvgIpc) is 3.14. The number of aromatic amines is 1. The number of aliphatic hydroxyl groups is 1. The van der Waals surface area contributed by atoms with Gasteiger partial charge in [0.15, 0.2) is 6.04 Å². The largest absolute Gasteiger partial charge is 0.391 e. The van der Waals surface area contributed by atoms with Gasteiger partial charge in [-0.2, -0.15) is 0 Å². The van der Waals surface area contributed by atoms with Gasteiger partial charge in [-0.15, -0.1) is 5.10 Å². The van der Waals surface area contributed by atoms with Crippen molar-refractivity contribution >= 4 is 10.9 Å². The number of quaternary nitrogens is 1. The number of hydrogen-bond acceptors (Lipinski definition) is 5. The highest BCUT2D eigenvalue weighted by molar-refractivity contribution is 5.80. The molecule has 8 nitrogen and oxygen atoms in total. The van der Waals surface area contributed by atoms with Gasteiger partial charge in [-0.25, -0.2) is 4.68 Å². The van der Waals surface area contributed by atoms with Crippen LogP contribution >= 0.6 is 0 Å². The summed E-state index contributed by atoms with van der Waals surface area (Å²) in [6.45, 7) is 15.5. The molecule has 3 aromatic rings. The number of fused-ring (bicyclic) bond motifs is 1. The molecule has 2 heterocycles. The first-order chi connectivity index (χ1) is 14.5. The smallest absolute Gasteiger partial charge is 0.257 e. The lowest BCUT2D eigenvalue weighted by Gasteiger charge is -2.32. The Morgan fingerprint density at radius 2 is 1.84 bits per heavy atom. The van der Waals surface area contributed by atoms with E-state index in [1.54, 1.807) is 0 Å². The quantitative estimate of drug-likeness (QED) is 0.532. The molecule has 0 saturated carbocycles. The maximum atomic E-state index is 12.9. The minimum atomic E-state index is -0.272. The number of nitrogens with one attached hydrogen (secondary N) is 2. The lowest BCUT2D eigenvalue weighted by atomic mass is 9.99. The number of hydrogen-bond donors (Lipinski definition) is 3. The van der Waals surface area contributed by atoms with Crippen molar-refractivity contribution in [3.8, 4) is 0 Å². The number of aromatic nitrogens is 5. The Bertz CT molecular complexity index is 1110. The number of aryl methyl sites for hydroxylation is 2. The summed E-state index contributed by atoms with van der Waals surface area (Å²) in [6, 6.07) is 6.02. The minimum absolute atomic E-state index is 0.0133. The van der Waals surface area contributed by atoms with Crippen molar-refractivity contribution in [2.75, 3.05) is 13.2 Å². The van der Waals surface area contributed by atoms with Crippen LogP contribution in [0.2, 0.25) is 0 Å². The van der Waals surface area contributed by atoms with Crippen LogP contribution < -0.4 is 10.5 Å². The van der Waals surface area contributed by atoms with Gasteiger partial charge >= 0.3 is 0 Å². The first kappa shape index (κ1) is 23.1. The molecule has 0 saturated heterocycles. The standard InChI is InChI=1S/C23H34N6O2/c1-14(2)20(21-25-26-27-29(21)23(5,6)7)28(8-9-30)13-18-12-17-10-15(3)16(4)11-19(17)24-22(18)31/h10-12,14,20,30H,8-9,13H2,1-7H3,(H,24,31)/p+1/t20-/m0/s1. The SMILES string of the molecule is Cc1cc2cc(C[NH+](CCO)[C@H](c3nnnn3C(C)(C)C)C(C)C)c(=O)[nH]c2cc1C. The van der Waals surface area contributed by atoms with E-state index < -0.39 is 0 Å². The van der Waals surface area contributed by atoms with Crippen LogP contribution in [0.25, 0.3) is 10.9 Å². The Morgan fingerprint density at radius 1 is 1.16 bits per heavy atom. The van der Waals surface area contributed by atoms with Crippen LogP contribution in [-0.4, -0.2) is 43.4 Å². The number of rotatable bonds is 7. The minimum Gasteiger partial charge on any atom is -0.391 e. The summed E-state index contributed by atoms with van der Waals surface area (Å²) in [4.78, 5) is 17.0. The second kappa shape index (κ2) is 8.88. The fourth-order valence-corrected chi connectivity index (χ4v) is 4.21. The van der Waals surface area contributed by atoms with Crippen molar-refractivity contribution in [1.29, 1.82) is 0 Å². The Kier molecular flexibility index (Phi) is 6.62. The van der Waals surface area contributed by atoms with Crippen LogP contribution in [0.5, 0.6) is 0 Å². The normalized spacial score (nSPS) is 14.4. The monoisotopic (exact) mass is 427 g/mol. The lowest BCUT2D eigenvalue weighted by molar-refractivity contribution is -0.950. The Balaban J connectivity index is 2.05. The molecule has 0 aliphatic carbocycles. The summed E-state index contributed by atoms with van der Waals surface area (Å²) in [5, 5.41) is 23.4. The van der Waals surface area contributed by atoms with Crippen LogP contribution in [-0.2, 0) is 12.1 Å². The molecule has 0 aliphatic heterocycles. The molecule has 0 spiro atoms. The molecule has 0 fully saturated rings. The van der Waals surface area contributed by atoms with Gasteiger partial charge in [0.2, 0.25) is 5.82 Å². The van der Waals surface area contributed by atoms with Gasteiger partial charge in [-0.3, -0.25) is 4.79 Å². The van der Waals surface area contributed by atoms with Crippen molar-refractivity contribution in [3.05, 3.63) is 51.1 Å². The number of nitrogens with zero attached hydrogens (tertiary/aromatic N) is 4. The van der Waals surface area contributed by atoms with E-state index in [9.17, 15) is 9.90 Å². The number of pyridine rings is 1. The fraction of sp³-hybridized carbons (Fsp3) is 0.565. The van der Waals surface area contributed by atoms with E-state index in [4.69, 9.17) is 0 Å². The fourth-order valence-electron chi connectivity index (χ4n) is 4.21. The van der Waals surface area contributed by atoms with E-state index >= 15 is 0 Å². The summed E-state index contributed by atoms with van der Waals surface area (Å²) in [5.41, 5.74) is 3.51. The van der Waals surface area contributed by atoms with E-state index in [0.717, 1.165) is 27.2 Å². The summed E-state index contributed by atoms with van der Waals surface area (Å²) in [6.07, 6.45) is 0. The summed E-state index contributed by atoms with van der Waals surface area (Å²) >= 11 is 0. The molecule has 3 rings (SSSR count). The third kappa shape index (κ3) is 4.85. The summed E-state index contributed by atoms with van der Waals surface area (Å²) in [7, 11) is 0. The molecule has 1 unspecified atom stereocenters. The highest BCUT2D eigenvalue weighted by Gasteiger charge is 2.35. The van der Waals surface area contributed by atoms with E-state index in [2.05, 4.69) is 68.1 Å². The molecule has 1 aromatic carbocycles. The number of H-pyrrole nitrogens is 1.